The van der Waals surface area contributed by atoms with Crippen molar-refractivity contribution in [1.82, 2.24) is 4.72 Å². The zero-order valence-corrected chi connectivity index (χ0v) is 14.4. The third-order valence-corrected chi connectivity index (χ3v) is 5.22. The number of hydrogen-bond donors (Lipinski definition) is 2. The van der Waals surface area contributed by atoms with Gasteiger partial charge in [0.15, 0.2) is 0 Å². The van der Waals surface area contributed by atoms with E-state index in [1.54, 1.807) is 25.1 Å². The highest BCUT2D eigenvalue weighted by molar-refractivity contribution is 7.89. The fourth-order valence-corrected chi connectivity index (χ4v) is 3.28. The molecule has 0 aliphatic rings. The van der Waals surface area contributed by atoms with E-state index < -0.39 is 20.7 Å². The van der Waals surface area contributed by atoms with Crippen molar-refractivity contribution >= 4 is 33.2 Å². The summed E-state index contributed by atoms with van der Waals surface area (Å²) in [6, 6.07) is 10.1. The van der Waals surface area contributed by atoms with Crippen LogP contribution in [0.5, 0.6) is 0 Å². The number of amides is 1. The normalized spacial score (nSPS) is 11.3. The molecule has 1 amide bonds. The molecule has 0 aromatic heterocycles. The van der Waals surface area contributed by atoms with Crippen molar-refractivity contribution in [3.05, 3.63) is 58.9 Å². The number of carbonyl (C=O) groups excluding carboxylic acids is 1. The third-order valence-electron chi connectivity index (χ3n) is 3.31. The molecule has 0 aliphatic carbocycles. The van der Waals surface area contributed by atoms with Crippen molar-refractivity contribution in [1.29, 1.82) is 0 Å². The molecular weight excluding hydrogens is 355 g/mol. The molecule has 8 heteroatoms. The van der Waals surface area contributed by atoms with Gasteiger partial charge in [0, 0.05) is 23.7 Å². The van der Waals surface area contributed by atoms with Crippen molar-refractivity contribution in [3.8, 4) is 0 Å². The zero-order valence-electron chi connectivity index (χ0n) is 12.8. The summed E-state index contributed by atoms with van der Waals surface area (Å²) in [4.78, 5) is 11.5. The van der Waals surface area contributed by atoms with Crippen LogP contribution >= 0.6 is 11.6 Å². The van der Waals surface area contributed by atoms with Crippen LogP contribution in [0, 0.1) is 12.7 Å². The Bertz CT molecular complexity index is 856. The van der Waals surface area contributed by atoms with Gasteiger partial charge in [0.05, 0.1) is 0 Å². The third kappa shape index (κ3) is 4.53. The topological polar surface area (TPSA) is 75.3 Å². The number of hydrogen-bond acceptors (Lipinski definition) is 3. The summed E-state index contributed by atoms with van der Waals surface area (Å²) in [5, 5.41) is 3.18. The Kier molecular flexibility index (Phi) is 5.93. The second-order valence-corrected chi connectivity index (χ2v) is 7.18. The maximum Gasteiger partial charge on any atom is 0.243 e. The fourth-order valence-electron chi connectivity index (χ4n) is 1.99. The van der Waals surface area contributed by atoms with E-state index in [-0.39, 0.29) is 18.9 Å². The van der Waals surface area contributed by atoms with Crippen LogP contribution in [0.4, 0.5) is 10.1 Å². The number of rotatable bonds is 6. The van der Waals surface area contributed by atoms with Gasteiger partial charge in [-0.05, 0) is 36.8 Å². The van der Waals surface area contributed by atoms with Crippen molar-refractivity contribution in [3.63, 3.8) is 0 Å². The smallest absolute Gasteiger partial charge is 0.243 e. The number of nitrogens with one attached hydrogen (secondary N) is 2. The Morgan fingerprint density at radius 3 is 2.58 bits per heavy atom. The molecule has 0 saturated carbocycles. The van der Waals surface area contributed by atoms with E-state index >= 15 is 0 Å². The first kappa shape index (κ1) is 18.4. The molecule has 0 aliphatic heterocycles. The number of carbonyl (C=O) groups is 1. The summed E-state index contributed by atoms with van der Waals surface area (Å²) in [5.41, 5.74) is 1.28. The first-order chi connectivity index (χ1) is 11.3. The van der Waals surface area contributed by atoms with Crippen LogP contribution < -0.4 is 10.0 Å². The van der Waals surface area contributed by atoms with Crippen molar-refractivity contribution in [2.75, 3.05) is 11.9 Å². The molecule has 5 nitrogen and oxygen atoms in total. The van der Waals surface area contributed by atoms with Gasteiger partial charge in [0.2, 0.25) is 15.9 Å². The number of halogens is 2. The molecule has 0 heterocycles. The van der Waals surface area contributed by atoms with Gasteiger partial charge in [-0.2, -0.15) is 0 Å². The van der Waals surface area contributed by atoms with E-state index in [2.05, 4.69) is 10.0 Å². The van der Waals surface area contributed by atoms with Crippen molar-refractivity contribution < 1.29 is 17.6 Å². The summed E-state index contributed by atoms with van der Waals surface area (Å²) >= 11 is 5.97. The highest BCUT2D eigenvalue weighted by Crippen LogP contribution is 2.23. The van der Waals surface area contributed by atoms with Crippen molar-refractivity contribution in [2.45, 2.75) is 18.2 Å². The minimum absolute atomic E-state index is 0.0976. The second-order valence-electron chi connectivity index (χ2n) is 5.04. The van der Waals surface area contributed by atoms with E-state index in [1.165, 1.54) is 12.1 Å². The molecule has 24 heavy (non-hydrogen) atoms. The quantitative estimate of drug-likeness (QED) is 0.820. The number of anilines is 1. The zero-order chi connectivity index (χ0) is 17.7. The van der Waals surface area contributed by atoms with Crippen LogP contribution in [0.1, 0.15) is 12.0 Å². The van der Waals surface area contributed by atoms with E-state index in [0.717, 1.165) is 17.7 Å². The van der Waals surface area contributed by atoms with E-state index in [1.807, 2.05) is 0 Å². The number of sulfonamides is 1. The molecule has 2 N–H and O–H groups in total. The largest absolute Gasteiger partial charge is 0.326 e. The Morgan fingerprint density at radius 2 is 1.88 bits per heavy atom. The predicted octanol–water partition coefficient (Wildman–Crippen LogP) is 3.09. The van der Waals surface area contributed by atoms with Gasteiger partial charge in [-0.25, -0.2) is 17.5 Å². The lowest BCUT2D eigenvalue weighted by Gasteiger charge is -2.10. The van der Waals surface area contributed by atoms with Crippen LogP contribution in [0.3, 0.4) is 0 Å². The van der Waals surface area contributed by atoms with Crippen molar-refractivity contribution in [2.24, 2.45) is 0 Å². The second kappa shape index (κ2) is 7.74. The summed E-state index contributed by atoms with van der Waals surface area (Å²) in [7, 11) is -4.00. The van der Waals surface area contributed by atoms with Crippen LogP contribution in [0.25, 0.3) is 0 Å². The lowest BCUT2D eigenvalue weighted by molar-refractivity contribution is -0.116. The molecule has 0 atom stereocenters. The van der Waals surface area contributed by atoms with Gasteiger partial charge < -0.3 is 5.32 Å². The first-order valence-corrected chi connectivity index (χ1v) is 8.96. The highest BCUT2D eigenvalue weighted by atomic mass is 35.5. The molecular formula is C16H16ClFN2O3S. The van der Waals surface area contributed by atoms with Gasteiger partial charge >= 0.3 is 0 Å². The van der Waals surface area contributed by atoms with Gasteiger partial charge in [-0.3, -0.25) is 4.79 Å². The molecule has 0 fully saturated rings. The molecule has 2 aromatic rings. The van der Waals surface area contributed by atoms with E-state index in [0.29, 0.717) is 10.7 Å². The molecule has 2 aromatic carbocycles. The van der Waals surface area contributed by atoms with Crippen LogP contribution in [-0.2, 0) is 14.8 Å². The van der Waals surface area contributed by atoms with E-state index in [4.69, 9.17) is 11.6 Å². The highest BCUT2D eigenvalue weighted by Gasteiger charge is 2.18. The average molecular weight is 371 g/mol. The molecule has 0 bridgehead atoms. The summed E-state index contributed by atoms with van der Waals surface area (Å²) < 4.78 is 39.7. The minimum Gasteiger partial charge on any atom is -0.326 e. The van der Waals surface area contributed by atoms with Crippen LogP contribution in [-0.4, -0.2) is 20.9 Å². The molecule has 0 spiro atoms. The van der Waals surface area contributed by atoms with Gasteiger partial charge in [0.1, 0.15) is 10.7 Å². The number of benzene rings is 2. The SMILES string of the molecule is Cc1c(Cl)cccc1NC(=O)CCNS(=O)(=O)c1ccccc1F. The summed E-state index contributed by atoms with van der Waals surface area (Å²) in [6.45, 7) is 1.61. The first-order valence-electron chi connectivity index (χ1n) is 7.10. The lowest BCUT2D eigenvalue weighted by Crippen LogP contribution is -2.28. The maximum absolute atomic E-state index is 13.5. The molecule has 0 unspecified atom stereocenters. The molecule has 128 valence electrons. The molecule has 0 saturated heterocycles. The Hall–Kier alpha value is -1.96. The Labute approximate surface area is 144 Å². The Morgan fingerprint density at radius 1 is 1.17 bits per heavy atom. The minimum atomic E-state index is -4.00. The summed E-state index contributed by atoms with van der Waals surface area (Å²) in [5.74, 6) is -1.22. The average Bonchev–Trinajstić information content (AvgIpc) is 2.52. The maximum atomic E-state index is 13.5. The van der Waals surface area contributed by atoms with Crippen LogP contribution in [0.2, 0.25) is 5.02 Å². The predicted molar refractivity (Wildman–Crippen MR) is 91.0 cm³/mol. The Balaban J connectivity index is 1.93. The van der Waals surface area contributed by atoms with Gasteiger partial charge in [0.25, 0.3) is 0 Å². The van der Waals surface area contributed by atoms with E-state index in [9.17, 15) is 17.6 Å². The fraction of sp³-hybridized carbons (Fsp3) is 0.188. The monoisotopic (exact) mass is 370 g/mol. The van der Waals surface area contributed by atoms with Gasteiger partial charge in [-0.15, -0.1) is 0 Å². The van der Waals surface area contributed by atoms with Gasteiger partial charge in [-0.1, -0.05) is 29.8 Å². The lowest BCUT2D eigenvalue weighted by atomic mass is 10.2. The summed E-state index contributed by atoms with van der Waals surface area (Å²) in [6.07, 6.45) is -0.0976. The molecule has 0 radical (unpaired) electrons. The van der Waals surface area contributed by atoms with Crippen LogP contribution in [0.15, 0.2) is 47.4 Å². The standard InChI is InChI=1S/C16H16ClFN2O3S/c1-11-12(17)5-4-7-14(11)20-16(21)9-10-19-24(22,23)15-8-3-2-6-13(15)18/h2-8,19H,9-10H2,1H3,(H,20,21). The molecule has 2 rings (SSSR count).